The van der Waals surface area contributed by atoms with Gasteiger partial charge in [-0.05, 0) is 42.4 Å². The van der Waals surface area contributed by atoms with Crippen molar-refractivity contribution in [1.29, 1.82) is 0 Å². The van der Waals surface area contributed by atoms with Crippen LogP contribution in [0.1, 0.15) is 21.5 Å². The molecule has 1 N–H and O–H groups in total. The maximum absolute atomic E-state index is 12.5. The first-order valence-electron chi connectivity index (χ1n) is 10.2. The van der Waals surface area contributed by atoms with Crippen LogP contribution in [-0.4, -0.2) is 76.0 Å². The van der Waals surface area contributed by atoms with E-state index in [9.17, 15) is 13.2 Å². The summed E-state index contributed by atoms with van der Waals surface area (Å²) in [5.41, 5.74) is 2.65. The number of carbonyl (C=O) groups excluding carboxylic acids is 1. The van der Waals surface area contributed by atoms with Gasteiger partial charge in [0.15, 0.2) is 0 Å². The number of hydroxylamine groups is 1. The molecule has 1 saturated heterocycles. The zero-order valence-electron chi connectivity index (χ0n) is 18.2. The second kappa shape index (κ2) is 10.3. The topological polar surface area (TPSA) is 82.2 Å². The van der Waals surface area contributed by atoms with Crippen molar-refractivity contribution in [2.24, 2.45) is 0 Å². The first-order valence-corrected chi connectivity index (χ1v) is 11.6. The van der Waals surface area contributed by atoms with Crippen LogP contribution in [0.15, 0.2) is 53.4 Å². The van der Waals surface area contributed by atoms with Gasteiger partial charge >= 0.3 is 0 Å². The smallest absolute Gasteiger partial charge is 0.264 e. The Balaban J connectivity index is 1.57. The monoisotopic (exact) mass is 446 g/mol. The molecule has 8 nitrogen and oxygen atoms in total. The average Bonchev–Trinajstić information content (AvgIpc) is 2.78. The SMILES string of the molecule is CON(C)S(=O)(=O)c1ccc(C(=O)NCc2cccc(CN3CCN(C)CC3)c2)cc1. The highest BCUT2D eigenvalue weighted by Gasteiger charge is 2.21. The van der Waals surface area contributed by atoms with Gasteiger partial charge in [0.25, 0.3) is 15.9 Å². The van der Waals surface area contributed by atoms with Crippen LogP contribution in [0.5, 0.6) is 0 Å². The standard InChI is InChI=1S/C22H30N4O4S/c1-24-11-13-26(14-12-24)17-19-6-4-5-18(15-19)16-23-22(27)20-7-9-21(10-8-20)31(28,29)25(2)30-3/h4-10,15H,11-14,16-17H2,1-3H3,(H,23,27). The molecule has 0 bridgehead atoms. The molecular weight excluding hydrogens is 416 g/mol. The van der Waals surface area contributed by atoms with Crippen LogP contribution in [0, 0.1) is 0 Å². The highest BCUT2D eigenvalue weighted by Crippen LogP contribution is 2.15. The lowest BCUT2D eigenvalue weighted by molar-refractivity contribution is -0.0258. The number of likely N-dealkylation sites (N-methyl/N-ethyl adjacent to an activating group) is 1. The van der Waals surface area contributed by atoms with Gasteiger partial charge in [-0.25, -0.2) is 8.42 Å². The van der Waals surface area contributed by atoms with Crippen LogP contribution < -0.4 is 5.32 Å². The van der Waals surface area contributed by atoms with Crippen LogP contribution in [0.2, 0.25) is 0 Å². The number of amides is 1. The highest BCUT2D eigenvalue weighted by molar-refractivity contribution is 7.89. The summed E-state index contributed by atoms with van der Waals surface area (Å²) >= 11 is 0. The van der Waals surface area contributed by atoms with E-state index in [1.807, 2.05) is 12.1 Å². The van der Waals surface area contributed by atoms with Crippen LogP contribution in [0.25, 0.3) is 0 Å². The third-order valence-corrected chi connectivity index (χ3v) is 7.15. The van der Waals surface area contributed by atoms with E-state index in [0.29, 0.717) is 12.1 Å². The molecular formula is C22H30N4O4S. The first-order chi connectivity index (χ1) is 14.8. The van der Waals surface area contributed by atoms with Crippen molar-refractivity contribution in [3.8, 4) is 0 Å². The van der Waals surface area contributed by atoms with Crippen molar-refractivity contribution in [3.63, 3.8) is 0 Å². The Hall–Kier alpha value is -2.30. The number of carbonyl (C=O) groups is 1. The van der Waals surface area contributed by atoms with Gasteiger partial charge in [0.1, 0.15) is 0 Å². The molecule has 1 fully saturated rings. The molecule has 0 aliphatic carbocycles. The summed E-state index contributed by atoms with van der Waals surface area (Å²) in [6, 6.07) is 14.0. The molecule has 1 heterocycles. The molecule has 2 aromatic rings. The predicted octanol–water partition coefficient (Wildman–Crippen LogP) is 1.55. The Bertz CT molecular complexity index is 987. The second-order valence-corrected chi connectivity index (χ2v) is 9.64. The van der Waals surface area contributed by atoms with Gasteiger partial charge in [-0.15, -0.1) is 0 Å². The largest absolute Gasteiger partial charge is 0.348 e. The lowest BCUT2D eigenvalue weighted by Crippen LogP contribution is -2.43. The van der Waals surface area contributed by atoms with Crippen LogP contribution in [-0.2, 0) is 28.0 Å². The van der Waals surface area contributed by atoms with E-state index in [-0.39, 0.29) is 10.8 Å². The fourth-order valence-electron chi connectivity index (χ4n) is 3.41. The summed E-state index contributed by atoms with van der Waals surface area (Å²) in [5, 5.41) is 2.90. The van der Waals surface area contributed by atoms with Gasteiger partial charge in [-0.2, -0.15) is 0 Å². The molecule has 0 atom stereocenters. The van der Waals surface area contributed by atoms with Gasteiger partial charge in [-0.1, -0.05) is 28.7 Å². The molecule has 0 spiro atoms. The summed E-state index contributed by atoms with van der Waals surface area (Å²) in [6.07, 6.45) is 0. The molecule has 0 unspecified atom stereocenters. The van der Waals surface area contributed by atoms with Gasteiger partial charge in [0.2, 0.25) is 0 Å². The van der Waals surface area contributed by atoms with Gasteiger partial charge in [0, 0.05) is 51.9 Å². The quantitative estimate of drug-likeness (QED) is 0.620. The lowest BCUT2D eigenvalue weighted by Gasteiger charge is -2.32. The summed E-state index contributed by atoms with van der Waals surface area (Å²) in [4.78, 5) is 22.1. The molecule has 2 aromatic carbocycles. The molecule has 9 heteroatoms. The van der Waals surface area contributed by atoms with Gasteiger partial charge in [-0.3, -0.25) is 14.5 Å². The maximum Gasteiger partial charge on any atom is 0.264 e. The molecule has 1 amide bonds. The number of nitrogens with one attached hydrogen (secondary N) is 1. The molecule has 0 radical (unpaired) electrons. The van der Waals surface area contributed by atoms with Crippen molar-refractivity contribution in [2.75, 3.05) is 47.4 Å². The zero-order chi connectivity index (χ0) is 22.4. The van der Waals surface area contributed by atoms with E-state index in [1.54, 1.807) is 0 Å². The van der Waals surface area contributed by atoms with Gasteiger partial charge < -0.3 is 10.2 Å². The van der Waals surface area contributed by atoms with Crippen LogP contribution in [0.3, 0.4) is 0 Å². The molecule has 0 aromatic heterocycles. The Kier molecular flexibility index (Phi) is 7.79. The Labute approximate surface area is 184 Å². The van der Waals surface area contributed by atoms with E-state index in [4.69, 9.17) is 4.84 Å². The molecule has 1 aliphatic rings. The number of hydrogen-bond acceptors (Lipinski definition) is 6. The molecule has 1 aliphatic heterocycles. The Morgan fingerprint density at radius 1 is 1.06 bits per heavy atom. The summed E-state index contributed by atoms with van der Waals surface area (Å²) in [6.45, 7) is 5.59. The Morgan fingerprint density at radius 2 is 1.71 bits per heavy atom. The number of piperazine rings is 1. The highest BCUT2D eigenvalue weighted by atomic mass is 32.2. The minimum atomic E-state index is -3.73. The lowest BCUT2D eigenvalue weighted by atomic mass is 10.1. The minimum absolute atomic E-state index is 0.0602. The summed E-state index contributed by atoms with van der Waals surface area (Å²) < 4.78 is 25.3. The van der Waals surface area contributed by atoms with E-state index >= 15 is 0 Å². The molecule has 168 valence electrons. The first kappa shape index (κ1) is 23.4. The van der Waals surface area contributed by atoms with Crippen LogP contribution in [0.4, 0.5) is 0 Å². The van der Waals surface area contributed by atoms with Crippen molar-refractivity contribution in [1.82, 2.24) is 19.6 Å². The van der Waals surface area contributed by atoms with E-state index in [2.05, 4.69) is 34.3 Å². The van der Waals surface area contributed by atoms with E-state index in [0.717, 1.165) is 42.8 Å². The van der Waals surface area contributed by atoms with Crippen molar-refractivity contribution < 1.29 is 18.0 Å². The summed E-state index contributed by atoms with van der Waals surface area (Å²) in [7, 11) is 1.00. The van der Waals surface area contributed by atoms with Crippen molar-refractivity contribution >= 4 is 15.9 Å². The molecule has 31 heavy (non-hydrogen) atoms. The zero-order valence-corrected chi connectivity index (χ0v) is 19.1. The Morgan fingerprint density at radius 3 is 2.35 bits per heavy atom. The summed E-state index contributed by atoms with van der Waals surface area (Å²) in [5.74, 6) is -0.256. The number of sulfonamides is 1. The predicted molar refractivity (Wildman–Crippen MR) is 119 cm³/mol. The number of hydrogen-bond donors (Lipinski definition) is 1. The molecule has 0 saturated carbocycles. The fourth-order valence-corrected chi connectivity index (χ4v) is 4.38. The number of nitrogens with zero attached hydrogens (tertiary/aromatic N) is 3. The van der Waals surface area contributed by atoms with Crippen LogP contribution >= 0.6 is 0 Å². The van der Waals surface area contributed by atoms with E-state index < -0.39 is 10.0 Å². The fraction of sp³-hybridized carbons (Fsp3) is 0.409. The van der Waals surface area contributed by atoms with E-state index in [1.165, 1.54) is 44.0 Å². The number of benzene rings is 2. The van der Waals surface area contributed by atoms with Crippen molar-refractivity contribution in [2.45, 2.75) is 18.0 Å². The molecule has 3 rings (SSSR count). The normalized spacial score (nSPS) is 15.9. The third kappa shape index (κ3) is 6.11. The maximum atomic E-state index is 12.5. The number of rotatable bonds is 8. The van der Waals surface area contributed by atoms with Crippen molar-refractivity contribution in [3.05, 3.63) is 65.2 Å². The minimum Gasteiger partial charge on any atom is -0.348 e. The van der Waals surface area contributed by atoms with Gasteiger partial charge in [0.05, 0.1) is 12.0 Å². The average molecular weight is 447 g/mol. The third-order valence-electron chi connectivity index (χ3n) is 5.46. The second-order valence-electron chi connectivity index (χ2n) is 7.70.